The molecule has 0 atom stereocenters. The van der Waals surface area contributed by atoms with Gasteiger partial charge in [-0.15, -0.1) is 11.3 Å². The highest BCUT2D eigenvalue weighted by Crippen LogP contribution is 2.30. The van der Waals surface area contributed by atoms with Crippen LogP contribution in [0.25, 0.3) is 10.1 Å². The van der Waals surface area contributed by atoms with Crippen LogP contribution >= 0.6 is 11.3 Å². The van der Waals surface area contributed by atoms with Crippen LogP contribution < -0.4 is 11.5 Å². The number of fused-ring (bicyclic) bond motifs is 1. The fourth-order valence-corrected chi connectivity index (χ4v) is 2.10. The van der Waals surface area contributed by atoms with Crippen molar-refractivity contribution in [2.75, 3.05) is 11.5 Å². The van der Waals surface area contributed by atoms with Gasteiger partial charge in [0.25, 0.3) is 0 Å². The summed E-state index contributed by atoms with van der Waals surface area (Å²) in [6.45, 7) is 2.00. The maximum absolute atomic E-state index is 5.76. The number of nitrogens with two attached hydrogens (primary N) is 2. The van der Waals surface area contributed by atoms with E-state index in [1.54, 1.807) is 11.3 Å². The third-order valence-electron chi connectivity index (χ3n) is 1.92. The van der Waals surface area contributed by atoms with E-state index in [1.807, 2.05) is 19.1 Å². The fraction of sp³-hybridized carbons (Fsp3) is 0.111. The number of anilines is 2. The van der Waals surface area contributed by atoms with Crippen LogP contribution in [0.1, 0.15) is 5.56 Å². The Labute approximate surface area is 74.8 Å². The van der Waals surface area contributed by atoms with Crippen LogP contribution in [0, 0.1) is 6.92 Å². The summed E-state index contributed by atoms with van der Waals surface area (Å²) < 4.78 is 1.16. The largest absolute Gasteiger partial charge is 0.398 e. The first-order chi connectivity index (χ1) is 5.66. The van der Waals surface area contributed by atoms with E-state index in [4.69, 9.17) is 11.5 Å². The van der Waals surface area contributed by atoms with Gasteiger partial charge in [0.2, 0.25) is 0 Å². The van der Waals surface area contributed by atoms with Crippen LogP contribution in [0.4, 0.5) is 10.7 Å². The Morgan fingerprint density at radius 3 is 2.67 bits per heavy atom. The molecule has 2 aromatic rings. The van der Waals surface area contributed by atoms with Crippen molar-refractivity contribution in [3.05, 3.63) is 23.8 Å². The van der Waals surface area contributed by atoms with Crippen molar-refractivity contribution in [1.82, 2.24) is 0 Å². The Bertz CT molecular complexity index is 392. The number of hydrogen-bond acceptors (Lipinski definition) is 3. The Balaban J connectivity index is 2.83. The first-order valence-electron chi connectivity index (χ1n) is 3.72. The van der Waals surface area contributed by atoms with E-state index in [9.17, 15) is 0 Å². The molecule has 0 spiro atoms. The molecule has 0 saturated heterocycles. The molecule has 0 amide bonds. The lowest BCUT2D eigenvalue weighted by atomic mass is 10.1. The minimum atomic E-state index is 0.837. The quantitative estimate of drug-likeness (QED) is 0.608. The van der Waals surface area contributed by atoms with Gasteiger partial charge in [0.05, 0.1) is 5.00 Å². The van der Waals surface area contributed by atoms with Crippen LogP contribution in [-0.2, 0) is 0 Å². The molecule has 0 unspecified atom stereocenters. The Hall–Kier alpha value is -1.22. The van der Waals surface area contributed by atoms with Crippen molar-refractivity contribution >= 4 is 32.1 Å². The second-order valence-electron chi connectivity index (χ2n) is 2.90. The van der Waals surface area contributed by atoms with Crippen molar-refractivity contribution in [3.8, 4) is 0 Å². The van der Waals surface area contributed by atoms with Gasteiger partial charge in [-0.25, -0.2) is 0 Å². The summed E-state index contributed by atoms with van der Waals surface area (Å²) in [6.07, 6.45) is 0. The average Bonchev–Trinajstić information content (AvgIpc) is 2.30. The van der Waals surface area contributed by atoms with E-state index in [0.29, 0.717) is 0 Å². The van der Waals surface area contributed by atoms with Crippen molar-refractivity contribution in [1.29, 1.82) is 0 Å². The maximum atomic E-state index is 5.76. The van der Waals surface area contributed by atoms with Crippen LogP contribution in [-0.4, -0.2) is 0 Å². The number of hydrogen-bond donors (Lipinski definition) is 2. The van der Waals surface area contributed by atoms with Gasteiger partial charge < -0.3 is 11.5 Å². The Kier molecular flexibility index (Phi) is 1.48. The highest BCUT2D eigenvalue weighted by atomic mass is 32.1. The minimum absolute atomic E-state index is 0.837. The average molecular weight is 178 g/mol. The van der Waals surface area contributed by atoms with E-state index >= 15 is 0 Å². The van der Waals surface area contributed by atoms with E-state index in [0.717, 1.165) is 21.0 Å². The number of aryl methyl sites for hydroxylation is 1. The molecule has 62 valence electrons. The monoisotopic (exact) mass is 178 g/mol. The number of nitrogen functional groups attached to an aromatic ring is 2. The third kappa shape index (κ3) is 1.02. The van der Waals surface area contributed by atoms with Gasteiger partial charge >= 0.3 is 0 Å². The van der Waals surface area contributed by atoms with E-state index < -0.39 is 0 Å². The summed E-state index contributed by atoms with van der Waals surface area (Å²) >= 11 is 1.57. The zero-order chi connectivity index (χ0) is 8.72. The molecule has 0 fully saturated rings. The molecular formula is C9H10N2S. The summed E-state index contributed by atoms with van der Waals surface area (Å²) in [6, 6.07) is 6.02. The molecule has 3 heteroatoms. The van der Waals surface area contributed by atoms with Gasteiger partial charge in [0, 0.05) is 10.4 Å². The smallest absolute Gasteiger partial charge is 0.0868 e. The lowest BCUT2D eigenvalue weighted by Gasteiger charge is -1.97. The van der Waals surface area contributed by atoms with Crippen LogP contribution in [0.15, 0.2) is 18.2 Å². The van der Waals surface area contributed by atoms with Crippen molar-refractivity contribution in [3.63, 3.8) is 0 Å². The van der Waals surface area contributed by atoms with Gasteiger partial charge in [-0.1, -0.05) is 0 Å². The SMILES string of the molecule is Cc1cc2cc(N)sc2cc1N. The van der Waals surface area contributed by atoms with E-state index in [2.05, 4.69) is 6.07 Å². The fourth-order valence-electron chi connectivity index (χ4n) is 1.24. The van der Waals surface area contributed by atoms with Gasteiger partial charge in [0.15, 0.2) is 0 Å². The first-order valence-corrected chi connectivity index (χ1v) is 4.53. The molecule has 0 saturated carbocycles. The van der Waals surface area contributed by atoms with Crippen molar-refractivity contribution in [2.24, 2.45) is 0 Å². The summed E-state index contributed by atoms with van der Waals surface area (Å²) in [5.74, 6) is 0. The first kappa shape index (κ1) is 7.43. The molecule has 4 N–H and O–H groups in total. The zero-order valence-corrected chi connectivity index (χ0v) is 7.61. The number of rotatable bonds is 0. The van der Waals surface area contributed by atoms with E-state index in [-0.39, 0.29) is 0 Å². The summed E-state index contributed by atoms with van der Waals surface area (Å²) in [5.41, 5.74) is 13.4. The highest BCUT2D eigenvalue weighted by molar-refractivity contribution is 7.22. The minimum Gasteiger partial charge on any atom is -0.398 e. The molecule has 0 aliphatic rings. The van der Waals surface area contributed by atoms with Crippen LogP contribution in [0.3, 0.4) is 0 Å². The summed E-state index contributed by atoms with van der Waals surface area (Å²) in [7, 11) is 0. The molecule has 0 bridgehead atoms. The molecule has 1 aromatic carbocycles. The van der Waals surface area contributed by atoms with Crippen molar-refractivity contribution in [2.45, 2.75) is 6.92 Å². The van der Waals surface area contributed by atoms with Crippen LogP contribution in [0.5, 0.6) is 0 Å². The van der Waals surface area contributed by atoms with E-state index in [1.165, 1.54) is 5.39 Å². The predicted octanol–water partition coefficient (Wildman–Crippen LogP) is 2.37. The predicted molar refractivity (Wildman–Crippen MR) is 55.4 cm³/mol. The van der Waals surface area contributed by atoms with Gasteiger partial charge in [-0.3, -0.25) is 0 Å². The Morgan fingerprint density at radius 2 is 1.92 bits per heavy atom. The lowest BCUT2D eigenvalue weighted by molar-refractivity contribution is 1.51. The second kappa shape index (κ2) is 2.38. The summed E-state index contributed by atoms with van der Waals surface area (Å²) in [4.78, 5) is 0. The lowest BCUT2D eigenvalue weighted by Crippen LogP contribution is -1.87. The molecule has 0 aliphatic heterocycles. The molecule has 0 radical (unpaired) electrons. The maximum Gasteiger partial charge on any atom is 0.0868 e. The topological polar surface area (TPSA) is 52.0 Å². The molecule has 1 heterocycles. The molecule has 0 aliphatic carbocycles. The van der Waals surface area contributed by atoms with Gasteiger partial charge in [-0.2, -0.15) is 0 Å². The highest BCUT2D eigenvalue weighted by Gasteiger charge is 2.01. The number of benzene rings is 1. The molecule has 12 heavy (non-hydrogen) atoms. The van der Waals surface area contributed by atoms with Crippen molar-refractivity contribution < 1.29 is 0 Å². The van der Waals surface area contributed by atoms with Gasteiger partial charge in [-0.05, 0) is 36.1 Å². The molecule has 2 nitrogen and oxygen atoms in total. The molecule has 2 rings (SSSR count). The second-order valence-corrected chi connectivity index (χ2v) is 4.01. The molecular weight excluding hydrogens is 168 g/mol. The third-order valence-corrected chi connectivity index (χ3v) is 2.85. The Morgan fingerprint density at radius 1 is 1.17 bits per heavy atom. The van der Waals surface area contributed by atoms with Gasteiger partial charge in [0.1, 0.15) is 0 Å². The molecule has 1 aromatic heterocycles. The standard InChI is InChI=1S/C9H10N2S/c1-5-2-6-3-9(11)12-8(6)4-7(5)10/h2-4H,10-11H2,1H3. The van der Waals surface area contributed by atoms with Crippen LogP contribution in [0.2, 0.25) is 0 Å². The zero-order valence-electron chi connectivity index (χ0n) is 6.79. The summed E-state index contributed by atoms with van der Waals surface area (Å²) in [5, 5.41) is 2.03. The normalized spacial score (nSPS) is 10.8. The number of thiophene rings is 1.